The summed E-state index contributed by atoms with van der Waals surface area (Å²) in [6.45, 7) is 0. The summed E-state index contributed by atoms with van der Waals surface area (Å²) in [5, 5.41) is 20.0. The Morgan fingerprint density at radius 3 is 2.58 bits per heavy atom. The number of fused-ring (bicyclic) bond motifs is 4. The first-order valence-corrected chi connectivity index (χ1v) is 11.1. The van der Waals surface area contributed by atoms with Crippen molar-refractivity contribution in [3.8, 4) is 11.5 Å². The van der Waals surface area contributed by atoms with Gasteiger partial charge in [-0.3, -0.25) is 0 Å². The zero-order valence-corrected chi connectivity index (χ0v) is 18.2. The highest BCUT2D eigenvalue weighted by Crippen LogP contribution is 2.49. The van der Waals surface area contributed by atoms with Crippen LogP contribution >= 0.6 is 15.9 Å². The number of hydrogen-bond acceptors (Lipinski definition) is 4. The second-order valence-electron chi connectivity index (χ2n) is 7.92. The van der Waals surface area contributed by atoms with E-state index in [-0.39, 0.29) is 11.8 Å². The molecule has 0 aliphatic carbocycles. The second kappa shape index (κ2) is 7.13. The Bertz CT molecular complexity index is 1350. The third kappa shape index (κ3) is 3.08. The quantitative estimate of drug-likeness (QED) is 0.361. The summed E-state index contributed by atoms with van der Waals surface area (Å²) < 4.78 is 7.25. The number of ether oxygens (including phenoxy) is 1. The zero-order chi connectivity index (χ0) is 20.9. The average Bonchev–Trinajstić information content (AvgIpc) is 3.26. The minimum Gasteiger partial charge on any atom is -0.507 e. The predicted molar refractivity (Wildman–Crippen MR) is 125 cm³/mol. The molecule has 0 spiro atoms. The first kappa shape index (κ1) is 18.5. The number of phenols is 1. The monoisotopic (exact) mass is 470 g/mol. The van der Waals surface area contributed by atoms with Crippen molar-refractivity contribution in [2.75, 3.05) is 0 Å². The van der Waals surface area contributed by atoms with E-state index in [0.717, 1.165) is 33.5 Å². The van der Waals surface area contributed by atoms with Crippen LogP contribution in [0.5, 0.6) is 11.5 Å². The smallest absolute Gasteiger partial charge is 0.217 e. The van der Waals surface area contributed by atoms with Gasteiger partial charge in [0, 0.05) is 16.5 Å². The third-order valence-electron chi connectivity index (χ3n) is 6.04. The standard InChI is InChI=1S/C26H19BrN2O2/c27-19-11-12-24(30)21(14-19)26-29-23(20-7-3-4-8-25(20)31-26)15-22(28-29)18-10-9-16-5-1-2-6-17(16)13-18/h1-14,23,26,30H,15H2/t23-,26-/m0/s1. The van der Waals surface area contributed by atoms with E-state index in [1.165, 1.54) is 10.8 Å². The van der Waals surface area contributed by atoms with Crippen LogP contribution in [0.1, 0.15) is 35.4 Å². The molecule has 0 saturated heterocycles. The molecule has 2 aliphatic heterocycles. The lowest BCUT2D eigenvalue weighted by Crippen LogP contribution is -2.33. The highest BCUT2D eigenvalue weighted by molar-refractivity contribution is 9.10. The van der Waals surface area contributed by atoms with Crippen molar-refractivity contribution in [1.82, 2.24) is 5.01 Å². The van der Waals surface area contributed by atoms with Crippen LogP contribution in [0.4, 0.5) is 0 Å². The highest BCUT2D eigenvalue weighted by Gasteiger charge is 2.41. The van der Waals surface area contributed by atoms with Crippen LogP contribution in [0.15, 0.2) is 94.5 Å². The highest BCUT2D eigenvalue weighted by atomic mass is 79.9. The van der Waals surface area contributed by atoms with Gasteiger partial charge in [-0.2, -0.15) is 5.10 Å². The molecule has 0 radical (unpaired) electrons. The molecule has 4 aromatic carbocycles. The van der Waals surface area contributed by atoms with Gasteiger partial charge in [0.2, 0.25) is 6.23 Å². The van der Waals surface area contributed by atoms with Gasteiger partial charge in [0.1, 0.15) is 11.5 Å². The fourth-order valence-corrected chi connectivity index (χ4v) is 4.88. The molecule has 0 bridgehead atoms. The molecule has 0 fully saturated rings. The molecule has 2 aliphatic rings. The number of halogens is 1. The molecule has 152 valence electrons. The maximum absolute atomic E-state index is 10.6. The summed E-state index contributed by atoms with van der Waals surface area (Å²) in [5.74, 6) is 1.03. The molecule has 2 atom stereocenters. The number of para-hydroxylation sites is 1. The van der Waals surface area contributed by atoms with Gasteiger partial charge in [-0.1, -0.05) is 70.5 Å². The molecule has 6 rings (SSSR count). The Morgan fingerprint density at radius 1 is 0.871 bits per heavy atom. The molecule has 0 amide bonds. The van der Waals surface area contributed by atoms with E-state index in [9.17, 15) is 5.11 Å². The van der Waals surface area contributed by atoms with E-state index >= 15 is 0 Å². The minimum absolute atomic E-state index is 0.0507. The number of benzene rings is 4. The molecular weight excluding hydrogens is 452 g/mol. The fraction of sp³-hybridized carbons (Fsp3) is 0.115. The number of nitrogens with zero attached hydrogens (tertiary/aromatic N) is 2. The first-order valence-electron chi connectivity index (χ1n) is 10.3. The number of aromatic hydroxyl groups is 1. The van der Waals surface area contributed by atoms with E-state index in [4.69, 9.17) is 9.84 Å². The molecule has 4 aromatic rings. The van der Waals surface area contributed by atoms with Crippen LogP contribution in [-0.2, 0) is 0 Å². The molecular formula is C26H19BrN2O2. The van der Waals surface area contributed by atoms with E-state index in [1.807, 2.05) is 35.3 Å². The number of hydrogen-bond donors (Lipinski definition) is 1. The van der Waals surface area contributed by atoms with Crippen molar-refractivity contribution in [2.24, 2.45) is 5.10 Å². The van der Waals surface area contributed by atoms with Crippen molar-refractivity contribution in [3.05, 3.63) is 106 Å². The van der Waals surface area contributed by atoms with Gasteiger partial charge >= 0.3 is 0 Å². The van der Waals surface area contributed by atoms with E-state index < -0.39 is 6.23 Å². The lowest BCUT2D eigenvalue weighted by molar-refractivity contribution is -0.0203. The molecule has 0 unspecified atom stereocenters. The molecule has 1 N–H and O–H groups in total. The Hall–Kier alpha value is -3.31. The van der Waals surface area contributed by atoms with Gasteiger partial charge in [-0.05, 0) is 46.7 Å². The van der Waals surface area contributed by atoms with Crippen LogP contribution in [0.2, 0.25) is 0 Å². The Morgan fingerprint density at radius 2 is 1.68 bits per heavy atom. The molecule has 2 heterocycles. The van der Waals surface area contributed by atoms with Crippen LogP contribution in [0, 0.1) is 0 Å². The lowest BCUT2D eigenvalue weighted by Gasteiger charge is -2.38. The van der Waals surface area contributed by atoms with E-state index in [1.54, 1.807) is 6.07 Å². The zero-order valence-electron chi connectivity index (χ0n) is 16.6. The van der Waals surface area contributed by atoms with Crippen LogP contribution in [-0.4, -0.2) is 15.8 Å². The molecule has 31 heavy (non-hydrogen) atoms. The number of phenolic OH excluding ortho intramolecular Hbond substituents is 1. The second-order valence-corrected chi connectivity index (χ2v) is 8.84. The summed E-state index contributed by atoms with van der Waals surface area (Å²) in [5.41, 5.74) is 3.95. The van der Waals surface area contributed by atoms with Crippen LogP contribution < -0.4 is 4.74 Å². The van der Waals surface area contributed by atoms with Crippen molar-refractivity contribution < 1.29 is 9.84 Å². The van der Waals surface area contributed by atoms with Gasteiger partial charge in [0.15, 0.2) is 0 Å². The molecule has 5 heteroatoms. The van der Waals surface area contributed by atoms with Gasteiger partial charge in [0.05, 0.1) is 17.3 Å². The largest absolute Gasteiger partial charge is 0.507 e. The third-order valence-corrected chi connectivity index (χ3v) is 6.53. The maximum Gasteiger partial charge on any atom is 0.217 e. The summed E-state index contributed by atoms with van der Waals surface area (Å²) in [4.78, 5) is 0. The Labute approximate surface area is 188 Å². The van der Waals surface area contributed by atoms with Crippen molar-refractivity contribution in [3.63, 3.8) is 0 Å². The normalized spacial score (nSPS) is 19.5. The van der Waals surface area contributed by atoms with Gasteiger partial charge in [0.25, 0.3) is 0 Å². The van der Waals surface area contributed by atoms with Gasteiger partial charge < -0.3 is 9.84 Å². The molecule has 4 nitrogen and oxygen atoms in total. The summed E-state index contributed by atoms with van der Waals surface area (Å²) >= 11 is 3.52. The van der Waals surface area contributed by atoms with E-state index in [0.29, 0.717) is 5.56 Å². The van der Waals surface area contributed by atoms with Crippen molar-refractivity contribution in [1.29, 1.82) is 0 Å². The first-order chi connectivity index (χ1) is 15.2. The Kier molecular flexibility index (Phi) is 4.25. The van der Waals surface area contributed by atoms with Gasteiger partial charge in [-0.25, -0.2) is 5.01 Å². The topological polar surface area (TPSA) is 45.1 Å². The van der Waals surface area contributed by atoms with Crippen molar-refractivity contribution >= 4 is 32.4 Å². The maximum atomic E-state index is 10.6. The average molecular weight is 471 g/mol. The van der Waals surface area contributed by atoms with E-state index in [2.05, 4.69) is 64.5 Å². The number of hydrazone groups is 1. The number of rotatable bonds is 2. The summed E-state index contributed by atoms with van der Waals surface area (Å²) in [7, 11) is 0. The minimum atomic E-state index is -0.504. The molecule has 0 aromatic heterocycles. The van der Waals surface area contributed by atoms with Gasteiger partial charge in [-0.15, -0.1) is 0 Å². The SMILES string of the molecule is Oc1ccc(Br)cc1[C@@H]1Oc2ccccc2[C@@H]2CC(c3ccc4ccccc4c3)=NN21. The lowest BCUT2D eigenvalue weighted by atomic mass is 9.95. The van der Waals surface area contributed by atoms with Crippen LogP contribution in [0.25, 0.3) is 10.8 Å². The summed E-state index contributed by atoms with van der Waals surface area (Å²) in [6.07, 6.45) is 0.277. The predicted octanol–water partition coefficient (Wildman–Crippen LogP) is 6.55. The molecule has 0 saturated carbocycles. The summed E-state index contributed by atoms with van der Waals surface area (Å²) in [6, 6.07) is 28.4. The van der Waals surface area contributed by atoms with Crippen molar-refractivity contribution in [2.45, 2.75) is 18.7 Å². The Balaban J connectivity index is 1.47. The van der Waals surface area contributed by atoms with Crippen LogP contribution in [0.3, 0.4) is 0 Å². The fourth-order valence-electron chi connectivity index (χ4n) is 4.51.